The summed E-state index contributed by atoms with van der Waals surface area (Å²) in [6.07, 6.45) is -0.239. The molecule has 2 unspecified atom stereocenters. The van der Waals surface area contributed by atoms with Crippen LogP contribution in [0.2, 0.25) is 0 Å². The summed E-state index contributed by atoms with van der Waals surface area (Å²) in [5.41, 5.74) is 0. The van der Waals surface area contributed by atoms with E-state index >= 15 is 0 Å². The van der Waals surface area contributed by atoms with Gasteiger partial charge in [-0.2, -0.15) is 0 Å². The number of hydrogen-bond acceptors (Lipinski definition) is 6. The van der Waals surface area contributed by atoms with Crippen molar-refractivity contribution in [3.8, 4) is 0 Å². The zero-order valence-electron chi connectivity index (χ0n) is 11.3. The minimum atomic E-state index is -0.937. The zero-order chi connectivity index (χ0) is 14.7. The van der Waals surface area contributed by atoms with Gasteiger partial charge in [0.1, 0.15) is 6.61 Å². The number of carbonyl (C=O) groups is 2. The van der Waals surface area contributed by atoms with Crippen molar-refractivity contribution in [1.29, 1.82) is 0 Å². The molecule has 7 heteroatoms. The maximum Gasteiger partial charge on any atom is 0.305 e. The predicted octanol–water partition coefficient (Wildman–Crippen LogP) is 0.545. The van der Waals surface area contributed by atoms with Crippen LogP contribution in [0.25, 0.3) is 0 Å². The summed E-state index contributed by atoms with van der Waals surface area (Å²) in [5, 5.41) is 17.3. The van der Waals surface area contributed by atoms with Crippen molar-refractivity contribution >= 4 is 11.9 Å². The quantitative estimate of drug-likeness (QED) is 0.420. The molecule has 2 atom stereocenters. The maximum atomic E-state index is 11.3. The minimum Gasteiger partial charge on any atom is -0.481 e. The lowest BCUT2D eigenvalue weighted by Gasteiger charge is -2.21. The van der Waals surface area contributed by atoms with Crippen LogP contribution in [0.1, 0.15) is 32.6 Å². The normalized spacial score (nSPS) is 13.8. The highest BCUT2D eigenvalue weighted by molar-refractivity contribution is 5.71. The standard InChI is InChI=1S/C12H22O7/c1-3-9(19-12(7-13)17-2)8-18-11(16)6-4-5-10(14)15/h9,12-13H,3-8H2,1-2H3,(H,14,15). The average Bonchev–Trinajstić information content (AvgIpc) is 2.38. The van der Waals surface area contributed by atoms with Crippen LogP contribution in [0.5, 0.6) is 0 Å². The number of carboxylic acids is 1. The first-order valence-electron chi connectivity index (χ1n) is 6.20. The smallest absolute Gasteiger partial charge is 0.305 e. The number of ether oxygens (including phenoxy) is 3. The van der Waals surface area contributed by atoms with Gasteiger partial charge < -0.3 is 24.4 Å². The summed E-state index contributed by atoms with van der Waals surface area (Å²) < 4.78 is 15.2. The fourth-order valence-electron chi connectivity index (χ4n) is 1.28. The van der Waals surface area contributed by atoms with E-state index in [0.29, 0.717) is 6.42 Å². The Morgan fingerprint density at radius 2 is 1.95 bits per heavy atom. The van der Waals surface area contributed by atoms with Gasteiger partial charge in [-0.05, 0) is 12.8 Å². The largest absolute Gasteiger partial charge is 0.481 e. The fourth-order valence-corrected chi connectivity index (χ4v) is 1.28. The van der Waals surface area contributed by atoms with Gasteiger partial charge in [0, 0.05) is 20.0 Å². The molecule has 0 amide bonds. The third-order valence-corrected chi connectivity index (χ3v) is 2.41. The zero-order valence-corrected chi connectivity index (χ0v) is 11.3. The highest BCUT2D eigenvalue weighted by Gasteiger charge is 2.16. The maximum absolute atomic E-state index is 11.3. The van der Waals surface area contributed by atoms with Gasteiger partial charge in [-0.1, -0.05) is 6.92 Å². The molecule has 0 aliphatic rings. The van der Waals surface area contributed by atoms with Crippen molar-refractivity contribution < 1.29 is 34.0 Å². The molecule has 0 radical (unpaired) electrons. The molecule has 0 heterocycles. The predicted molar refractivity (Wildman–Crippen MR) is 65.5 cm³/mol. The summed E-state index contributed by atoms with van der Waals surface area (Å²) >= 11 is 0. The summed E-state index contributed by atoms with van der Waals surface area (Å²) in [4.78, 5) is 21.6. The Balaban J connectivity index is 3.86. The van der Waals surface area contributed by atoms with E-state index in [-0.39, 0.29) is 38.6 Å². The first-order chi connectivity index (χ1) is 9.03. The van der Waals surface area contributed by atoms with Crippen molar-refractivity contribution in [2.45, 2.75) is 45.0 Å². The van der Waals surface area contributed by atoms with Crippen molar-refractivity contribution in [2.75, 3.05) is 20.3 Å². The van der Waals surface area contributed by atoms with Crippen LogP contribution in [0.15, 0.2) is 0 Å². The molecule has 19 heavy (non-hydrogen) atoms. The van der Waals surface area contributed by atoms with Crippen LogP contribution in [0.4, 0.5) is 0 Å². The Morgan fingerprint density at radius 1 is 1.26 bits per heavy atom. The molecule has 0 aliphatic carbocycles. The second-order valence-corrected chi connectivity index (χ2v) is 3.94. The van der Waals surface area contributed by atoms with Gasteiger partial charge in [0.25, 0.3) is 0 Å². The molecule has 2 N–H and O–H groups in total. The summed E-state index contributed by atoms with van der Waals surface area (Å²) in [7, 11) is 1.41. The van der Waals surface area contributed by atoms with Crippen LogP contribution in [-0.2, 0) is 23.8 Å². The Morgan fingerprint density at radius 3 is 2.42 bits per heavy atom. The second-order valence-electron chi connectivity index (χ2n) is 3.94. The summed E-state index contributed by atoms with van der Waals surface area (Å²) in [5.74, 6) is -1.39. The van der Waals surface area contributed by atoms with Gasteiger partial charge in [-0.25, -0.2) is 0 Å². The number of aliphatic hydroxyl groups is 1. The molecule has 0 aromatic rings. The van der Waals surface area contributed by atoms with E-state index in [1.807, 2.05) is 6.92 Å². The summed E-state index contributed by atoms with van der Waals surface area (Å²) in [6, 6.07) is 0. The van der Waals surface area contributed by atoms with E-state index in [2.05, 4.69) is 0 Å². The number of rotatable bonds is 11. The van der Waals surface area contributed by atoms with E-state index in [9.17, 15) is 9.59 Å². The Bertz CT molecular complexity index is 263. The molecule has 0 fully saturated rings. The van der Waals surface area contributed by atoms with Gasteiger partial charge in [0.2, 0.25) is 0 Å². The van der Waals surface area contributed by atoms with Crippen molar-refractivity contribution in [2.24, 2.45) is 0 Å². The number of methoxy groups -OCH3 is 1. The molecule has 0 rings (SSSR count). The molecule has 7 nitrogen and oxygen atoms in total. The summed E-state index contributed by atoms with van der Waals surface area (Å²) in [6.45, 7) is 1.63. The number of carboxylic acid groups (broad SMARTS) is 1. The van der Waals surface area contributed by atoms with Crippen LogP contribution < -0.4 is 0 Å². The molecule has 0 aliphatic heterocycles. The fraction of sp³-hybridized carbons (Fsp3) is 0.833. The first kappa shape index (κ1) is 17.8. The monoisotopic (exact) mass is 278 g/mol. The lowest BCUT2D eigenvalue weighted by Crippen LogP contribution is -2.30. The molecular weight excluding hydrogens is 256 g/mol. The third-order valence-electron chi connectivity index (χ3n) is 2.41. The Labute approximate surface area is 112 Å². The Kier molecular flexibility index (Phi) is 10.1. The van der Waals surface area contributed by atoms with E-state index in [0.717, 1.165) is 0 Å². The molecule has 0 bridgehead atoms. The van der Waals surface area contributed by atoms with Crippen molar-refractivity contribution in [3.63, 3.8) is 0 Å². The highest BCUT2D eigenvalue weighted by atomic mass is 16.7. The van der Waals surface area contributed by atoms with Gasteiger partial charge >= 0.3 is 11.9 Å². The number of carbonyl (C=O) groups excluding carboxylic acids is 1. The molecule has 0 spiro atoms. The minimum absolute atomic E-state index is 0.0565. The highest BCUT2D eigenvalue weighted by Crippen LogP contribution is 2.06. The van der Waals surface area contributed by atoms with Gasteiger partial charge in [-0.3, -0.25) is 9.59 Å². The van der Waals surface area contributed by atoms with Crippen LogP contribution >= 0.6 is 0 Å². The van der Waals surface area contributed by atoms with Crippen LogP contribution in [0, 0.1) is 0 Å². The van der Waals surface area contributed by atoms with Crippen LogP contribution in [0.3, 0.4) is 0 Å². The van der Waals surface area contributed by atoms with Gasteiger partial charge in [0.15, 0.2) is 6.29 Å². The lowest BCUT2D eigenvalue weighted by atomic mass is 10.2. The number of aliphatic hydroxyl groups excluding tert-OH is 1. The van der Waals surface area contributed by atoms with Crippen LogP contribution in [-0.4, -0.2) is 54.9 Å². The molecule has 0 aromatic carbocycles. The third kappa shape index (κ3) is 9.40. The average molecular weight is 278 g/mol. The Hall–Kier alpha value is -1.18. The molecule has 0 saturated carbocycles. The molecule has 112 valence electrons. The van der Waals surface area contributed by atoms with E-state index in [4.69, 9.17) is 24.4 Å². The van der Waals surface area contributed by atoms with Crippen molar-refractivity contribution in [3.05, 3.63) is 0 Å². The first-order valence-corrected chi connectivity index (χ1v) is 6.20. The molecule has 0 saturated heterocycles. The number of esters is 1. The lowest BCUT2D eigenvalue weighted by molar-refractivity contribution is -0.188. The second kappa shape index (κ2) is 10.7. The van der Waals surface area contributed by atoms with Crippen molar-refractivity contribution in [1.82, 2.24) is 0 Å². The van der Waals surface area contributed by atoms with Gasteiger partial charge in [0.05, 0.1) is 12.7 Å². The van der Waals surface area contributed by atoms with E-state index in [1.165, 1.54) is 7.11 Å². The number of aliphatic carboxylic acids is 1. The SMILES string of the molecule is CCC(COC(=O)CCCC(=O)O)OC(CO)OC. The molecule has 0 aromatic heterocycles. The topological polar surface area (TPSA) is 102 Å². The van der Waals surface area contributed by atoms with E-state index in [1.54, 1.807) is 0 Å². The van der Waals surface area contributed by atoms with E-state index < -0.39 is 18.2 Å². The molecular formula is C12H22O7. The number of hydrogen-bond donors (Lipinski definition) is 2. The van der Waals surface area contributed by atoms with Gasteiger partial charge in [-0.15, -0.1) is 0 Å².